The molecule has 1 saturated carbocycles. The summed E-state index contributed by atoms with van der Waals surface area (Å²) in [5, 5.41) is 3.37. The van der Waals surface area contributed by atoms with Crippen molar-refractivity contribution < 1.29 is 4.79 Å². The third-order valence-electron chi connectivity index (χ3n) is 5.22. The number of nitrogens with two attached hydrogens (primary N) is 1. The lowest BCUT2D eigenvalue weighted by Crippen LogP contribution is -2.47. The molecule has 136 valence electrons. The maximum Gasteiger partial charge on any atom is 0.257 e. The van der Waals surface area contributed by atoms with E-state index in [1.807, 2.05) is 24.3 Å². The van der Waals surface area contributed by atoms with Crippen molar-refractivity contribution in [3.8, 4) is 11.4 Å². The minimum atomic E-state index is 0.0735. The molecular weight excluding hydrogens is 326 g/mol. The standard InChI is InChI=1S/C20H25N5O/c21-11-14-1-3-15(4-2-14)19-23-12-16(13-24-19)20(26)25(17-5-6-17)18-7-9-22-10-8-18/h1-4,12-13,17-18,22H,5-11,21H2. The summed E-state index contributed by atoms with van der Waals surface area (Å²) in [6.07, 6.45) is 7.60. The minimum absolute atomic E-state index is 0.0735. The lowest BCUT2D eigenvalue weighted by Gasteiger charge is -2.35. The van der Waals surface area contributed by atoms with Gasteiger partial charge in [-0.3, -0.25) is 4.79 Å². The highest BCUT2D eigenvalue weighted by atomic mass is 16.2. The molecule has 0 spiro atoms. The Balaban J connectivity index is 1.52. The number of carbonyl (C=O) groups is 1. The van der Waals surface area contributed by atoms with Gasteiger partial charge in [-0.25, -0.2) is 9.97 Å². The number of piperidine rings is 1. The molecule has 1 aliphatic carbocycles. The van der Waals surface area contributed by atoms with Crippen LogP contribution in [-0.4, -0.2) is 45.9 Å². The molecule has 6 nitrogen and oxygen atoms in total. The van der Waals surface area contributed by atoms with Crippen LogP contribution >= 0.6 is 0 Å². The molecule has 1 aromatic heterocycles. The number of benzene rings is 1. The van der Waals surface area contributed by atoms with Gasteiger partial charge < -0.3 is 16.0 Å². The van der Waals surface area contributed by atoms with Gasteiger partial charge in [0.2, 0.25) is 0 Å². The maximum absolute atomic E-state index is 13.1. The number of amides is 1. The van der Waals surface area contributed by atoms with Crippen LogP contribution in [0.5, 0.6) is 0 Å². The van der Waals surface area contributed by atoms with Crippen molar-refractivity contribution in [1.82, 2.24) is 20.2 Å². The van der Waals surface area contributed by atoms with E-state index in [0.717, 1.165) is 49.9 Å². The zero-order valence-electron chi connectivity index (χ0n) is 14.9. The first-order chi connectivity index (χ1) is 12.8. The lowest BCUT2D eigenvalue weighted by molar-refractivity contribution is 0.0622. The van der Waals surface area contributed by atoms with Crippen LogP contribution in [0.15, 0.2) is 36.7 Å². The molecule has 1 aliphatic heterocycles. The molecule has 1 aromatic carbocycles. The molecule has 6 heteroatoms. The summed E-state index contributed by atoms with van der Waals surface area (Å²) in [7, 11) is 0. The maximum atomic E-state index is 13.1. The zero-order chi connectivity index (χ0) is 17.9. The summed E-state index contributed by atoms with van der Waals surface area (Å²) >= 11 is 0. The fourth-order valence-corrected chi connectivity index (χ4v) is 3.59. The summed E-state index contributed by atoms with van der Waals surface area (Å²) in [5.74, 6) is 0.703. The summed E-state index contributed by atoms with van der Waals surface area (Å²) in [6.45, 7) is 2.48. The Bertz CT molecular complexity index is 749. The van der Waals surface area contributed by atoms with Gasteiger partial charge in [-0.05, 0) is 44.3 Å². The molecule has 2 aliphatic rings. The number of nitrogens with zero attached hydrogens (tertiary/aromatic N) is 3. The van der Waals surface area contributed by atoms with Crippen molar-refractivity contribution in [2.45, 2.75) is 44.3 Å². The third-order valence-corrected chi connectivity index (χ3v) is 5.22. The first-order valence-corrected chi connectivity index (χ1v) is 9.41. The van der Waals surface area contributed by atoms with E-state index in [4.69, 9.17) is 5.73 Å². The van der Waals surface area contributed by atoms with Crippen LogP contribution in [0.1, 0.15) is 41.6 Å². The summed E-state index contributed by atoms with van der Waals surface area (Å²) in [6, 6.07) is 8.61. The summed E-state index contributed by atoms with van der Waals surface area (Å²) in [5.41, 5.74) is 8.22. The molecule has 0 radical (unpaired) electrons. The Hall–Kier alpha value is -2.31. The molecule has 0 bridgehead atoms. The fourth-order valence-electron chi connectivity index (χ4n) is 3.59. The Kier molecular flexibility index (Phi) is 4.95. The van der Waals surface area contributed by atoms with Crippen LogP contribution in [0.3, 0.4) is 0 Å². The van der Waals surface area contributed by atoms with Gasteiger partial charge in [-0.15, -0.1) is 0 Å². The average molecular weight is 351 g/mol. The van der Waals surface area contributed by atoms with Gasteiger partial charge in [0, 0.05) is 36.6 Å². The smallest absolute Gasteiger partial charge is 0.257 e. The largest absolute Gasteiger partial charge is 0.332 e. The van der Waals surface area contributed by atoms with Crippen molar-refractivity contribution >= 4 is 5.91 Å². The molecule has 1 amide bonds. The van der Waals surface area contributed by atoms with Crippen molar-refractivity contribution in [2.24, 2.45) is 5.73 Å². The van der Waals surface area contributed by atoms with E-state index in [0.29, 0.717) is 30.0 Å². The highest BCUT2D eigenvalue weighted by Gasteiger charge is 2.38. The van der Waals surface area contributed by atoms with Crippen molar-refractivity contribution in [3.05, 3.63) is 47.8 Å². The first-order valence-electron chi connectivity index (χ1n) is 9.41. The Labute approximate surface area is 153 Å². The predicted molar refractivity (Wildman–Crippen MR) is 100 cm³/mol. The van der Waals surface area contributed by atoms with Gasteiger partial charge in [-0.2, -0.15) is 0 Å². The molecule has 0 unspecified atom stereocenters. The SMILES string of the molecule is NCc1ccc(-c2ncc(C(=O)N(C3CCNCC3)C3CC3)cn2)cc1. The van der Waals surface area contributed by atoms with Crippen molar-refractivity contribution in [1.29, 1.82) is 0 Å². The van der Waals surface area contributed by atoms with E-state index in [-0.39, 0.29) is 5.91 Å². The fraction of sp³-hybridized carbons (Fsp3) is 0.450. The van der Waals surface area contributed by atoms with Crippen LogP contribution in [0.4, 0.5) is 0 Å². The second-order valence-corrected chi connectivity index (χ2v) is 7.12. The van der Waals surface area contributed by atoms with E-state index in [1.54, 1.807) is 12.4 Å². The second-order valence-electron chi connectivity index (χ2n) is 7.12. The van der Waals surface area contributed by atoms with E-state index >= 15 is 0 Å². The molecule has 0 atom stereocenters. The summed E-state index contributed by atoms with van der Waals surface area (Å²) < 4.78 is 0. The van der Waals surface area contributed by atoms with Gasteiger partial charge in [0.1, 0.15) is 0 Å². The van der Waals surface area contributed by atoms with Gasteiger partial charge in [0.25, 0.3) is 5.91 Å². The van der Waals surface area contributed by atoms with E-state index < -0.39 is 0 Å². The monoisotopic (exact) mass is 351 g/mol. The van der Waals surface area contributed by atoms with Gasteiger partial charge in [0.05, 0.1) is 5.56 Å². The Morgan fingerprint density at radius 2 is 1.65 bits per heavy atom. The number of hydrogen-bond donors (Lipinski definition) is 2. The van der Waals surface area contributed by atoms with Crippen LogP contribution in [-0.2, 0) is 6.54 Å². The molecular formula is C20H25N5O. The van der Waals surface area contributed by atoms with E-state index in [1.165, 1.54) is 0 Å². The molecule has 2 heterocycles. The molecule has 3 N–H and O–H groups in total. The molecule has 2 fully saturated rings. The minimum Gasteiger partial charge on any atom is -0.332 e. The van der Waals surface area contributed by atoms with Crippen LogP contribution in [0, 0.1) is 0 Å². The molecule has 1 saturated heterocycles. The highest BCUT2D eigenvalue weighted by Crippen LogP contribution is 2.32. The highest BCUT2D eigenvalue weighted by molar-refractivity contribution is 5.94. The van der Waals surface area contributed by atoms with Crippen LogP contribution < -0.4 is 11.1 Å². The van der Waals surface area contributed by atoms with Gasteiger partial charge >= 0.3 is 0 Å². The third kappa shape index (κ3) is 3.61. The van der Waals surface area contributed by atoms with Crippen LogP contribution in [0.2, 0.25) is 0 Å². The Morgan fingerprint density at radius 1 is 1.04 bits per heavy atom. The predicted octanol–water partition coefficient (Wildman–Crippen LogP) is 1.96. The summed E-state index contributed by atoms with van der Waals surface area (Å²) in [4.78, 5) is 24.0. The van der Waals surface area contributed by atoms with Crippen molar-refractivity contribution in [2.75, 3.05) is 13.1 Å². The van der Waals surface area contributed by atoms with Crippen LogP contribution in [0.25, 0.3) is 11.4 Å². The number of hydrogen-bond acceptors (Lipinski definition) is 5. The number of aromatic nitrogens is 2. The zero-order valence-corrected chi connectivity index (χ0v) is 14.9. The molecule has 4 rings (SSSR count). The second kappa shape index (κ2) is 7.51. The number of rotatable bonds is 5. The quantitative estimate of drug-likeness (QED) is 0.860. The number of nitrogens with one attached hydrogen (secondary N) is 1. The van der Waals surface area contributed by atoms with Gasteiger partial charge in [-0.1, -0.05) is 24.3 Å². The van der Waals surface area contributed by atoms with Gasteiger partial charge in [0.15, 0.2) is 5.82 Å². The Morgan fingerprint density at radius 3 is 2.23 bits per heavy atom. The average Bonchev–Trinajstić information content (AvgIpc) is 3.54. The first kappa shape index (κ1) is 17.1. The topological polar surface area (TPSA) is 84.1 Å². The molecule has 26 heavy (non-hydrogen) atoms. The van der Waals surface area contributed by atoms with Crippen molar-refractivity contribution in [3.63, 3.8) is 0 Å². The van der Waals surface area contributed by atoms with E-state index in [9.17, 15) is 4.79 Å². The lowest BCUT2D eigenvalue weighted by atomic mass is 10.0. The number of carbonyl (C=O) groups excluding carboxylic acids is 1. The normalized spacial score (nSPS) is 17.9. The van der Waals surface area contributed by atoms with E-state index in [2.05, 4.69) is 20.2 Å². The molecule has 2 aromatic rings.